The molecule has 1 saturated heterocycles. The van der Waals surface area contributed by atoms with Gasteiger partial charge in [-0.15, -0.1) is 0 Å². The predicted octanol–water partition coefficient (Wildman–Crippen LogP) is 0.844. The number of rotatable bonds is 5. The molecule has 0 atom stereocenters. The Bertz CT molecular complexity index is 410. The first-order valence-electron chi connectivity index (χ1n) is 7.65. The van der Waals surface area contributed by atoms with Crippen molar-refractivity contribution in [2.75, 3.05) is 26.2 Å². The van der Waals surface area contributed by atoms with Gasteiger partial charge in [-0.3, -0.25) is 4.79 Å². The van der Waals surface area contributed by atoms with Crippen molar-refractivity contribution in [1.29, 1.82) is 0 Å². The van der Waals surface area contributed by atoms with Gasteiger partial charge >= 0.3 is 5.97 Å². The fraction of sp³-hybridized carbons (Fsp3) is 0.867. The maximum absolute atomic E-state index is 12.7. The minimum Gasteiger partial charge on any atom is -0.480 e. The Hall–Kier alpha value is -1.14. The lowest BCUT2D eigenvalue weighted by molar-refractivity contribution is -0.180. The molecule has 120 valence electrons. The van der Waals surface area contributed by atoms with Crippen molar-refractivity contribution in [3.8, 4) is 0 Å². The molecule has 3 N–H and O–H groups in total. The number of carbonyl (C=O) groups excluding carboxylic acids is 1. The highest BCUT2D eigenvalue weighted by Crippen LogP contribution is 2.41. The van der Waals surface area contributed by atoms with Crippen LogP contribution in [0.15, 0.2) is 0 Å². The van der Waals surface area contributed by atoms with Crippen LogP contribution >= 0.6 is 0 Å². The molecular weight excluding hydrogens is 272 g/mol. The SMILES string of the molecule is CC1CCC(CN)(C(=O)N2CC(C)(OCC(=O)O)C2)CC1. The van der Waals surface area contributed by atoms with E-state index in [0.717, 1.165) is 25.7 Å². The smallest absolute Gasteiger partial charge is 0.329 e. The van der Waals surface area contributed by atoms with Crippen molar-refractivity contribution in [3.05, 3.63) is 0 Å². The minimum atomic E-state index is -0.985. The van der Waals surface area contributed by atoms with Crippen LogP contribution in [0.5, 0.6) is 0 Å². The van der Waals surface area contributed by atoms with Gasteiger partial charge in [-0.25, -0.2) is 4.79 Å². The Morgan fingerprint density at radius 3 is 2.38 bits per heavy atom. The number of carboxylic acid groups (broad SMARTS) is 1. The monoisotopic (exact) mass is 298 g/mol. The van der Waals surface area contributed by atoms with Gasteiger partial charge in [-0.1, -0.05) is 6.92 Å². The van der Waals surface area contributed by atoms with E-state index in [4.69, 9.17) is 15.6 Å². The first-order chi connectivity index (χ1) is 9.80. The molecular formula is C15H26N2O4. The molecule has 6 heteroatoms. The lowest BCUT2D eigenvalue weighted by Crippen LogP contribution is -2.66. The molecule has 1 aliphatic carbocycles. The zero-order valence-corrected chi connectivity index (χ0v) is 12.9. The van der Waals surface area contributed by atoms with E-state index in [-0.39, 0.29) is 12.5 Å². The molecule has 21 heavy (non-hydrogen) atoms. The van der Waals surface area contributed by atoms with Crippen LogP contribution in [0.2, 0.25) is 0 Å². The van der Waals surface area contributed by atoms with E-state index >= 15 is 0 Å². The van der Waals surface area contributed by atoms with Crippen LogP contribution in [-0.4, -0.2) is 53.7 Å². The number of hydrogen-bond donors (Lipinski definition) is 2. The molecule has 1 amide bonds. The van der Waals surface area contributed by atoms with E-state index in [1.807, 2.05) is 6.92 Å². The Kier molecular flexibility index (Phi) is 4.58. The number of ether oxygens (including phenoxy) is 1. The van der Waals surface area contributed by atoms with Crippen molar-refractivity contribution in [1.82, 2.24) is 4.90 Å². The Morgan fingerprint density at radius 1 is 1.33 bits per heavy atom. The van der Waals surface area contributed by atoms with E-state index in [0.29, 0.717) is 25.6 Å². The van der Waals surface area contributed by atoms with Crippen molar-refractivity contribution < 1.29 is 19.4 Å². The average molecular weight is 298 g/mol. The van der Waals surface area contributed by atoms with Gasteiger partial charge in [0.25, 0.3) is 0 Å². The maximum atomic E-state index is 12.7. The summed E-state index contributed by atoms with van der Waals surface area (Å²) in [6.07, 6.45) is 3.80. The van der Waals surface area contributed by atoms with Crippen molar-refractivity contribution in [2.24, 2.45) is 17.1 Å². The molecule has 2 rings (SSSR count). The van der Waals surface area contributed by atoms with Crippen LogP contribution in [-0.2, 0) is 14.3 Å². The summed E-state index contributed by atoms with van der Waals surface area (Å²) < 4.78 is 5.35. The standard InChI is InChI=1S/C15H26N2O4/c1-11-3-5-15(8-16,6-4-11)13(20)17-9-14(2,10-17)21-7-12(18)19/h11H,3-10,16H2,1-2H3,(H,18,19). The molecule has 0 spiro atoms. The largest absolute Gasteiger partial charge is 0.480 e. The number of aliphatic carboxylic acids is 1. The van der Waals surface area contributed by atoms with Gasteiger partial charge in [-0.2, -0.15) is 0 Å². The molecule has 0 unspecified atom stereocenters. The number of nitrogens with zero attached hydrogens (tertiary/aromatic N) is 1. The molecule has 2 aliphatic rings. The van der Waals surface area contributed by atoms with Gasteiger partial charge < -0.3 is 20.5 Å². The quantitative estimate of drug-likeness (QED) is 0.784. The van der Waals surface area contributed by atoms with Gasteiger partial charge in [0.2, 0.25) is 5.91 Å². The van der Waals surface area contributed by atoms with Crippen LogP contribution < -0.4 is 5.73 Å². The number of hydrogen-bond acceptors (Lipinski definition) is 4. The molecule has 6 nitrogen and oxygen atoms in total. The molecule has 0 aromatic carbocycles. The Morgan fingerprint density at radius 2 is 1.90 bits per heavy atom. The Labute approximate surface area is 125 Å². The summed E-state index contributed by atoms with van der Waals surface area (Å²) in [5.74, 6) is -0.202. The van der Waals surface area contributed by atoms with Gasteiger partial charge in [0.1, 0.15) is 12.2 Å². The van der Waals surface area contributed by atoms with E-state index in [2.05, 4.69) is 6.92 Å². The van der Waals surface area contributed by atoms with E-state index in [1.165, 1.54) is 0 Å². The van der Waals surface area contributed by atoms with Crippen LogP contribution in [0.1, 0.15) is 39.5 Å². The summed E-state index contributed by atoms with van der Waals surface area (Å²) >= 11 is 0. The van der Waals surface area contributed by atoms with Gasteiger partial charge in [0, 0.05) is 6.54 Å². The summed E-state index contributed by atoms with van der Waals surface area (Å²) in [6, 6.07) is 0. The molecule has 0 aromatic heterocycles. The highest BCUT2D eigenvalue weighted by Gasteiger charge is 2.49. The Balaban J connectivity index is 1.91. The zero-order valence-electron chi connectivity index (χ0n) is 12.9. The number of likely N-dealkylation sites (tertiary alicyclic amines) is 1. The third-order valence-electron chi connectivity index (χ3n) is 4.96. The number of carbonyl (C=O) groups is 2. The molecule has 2 fully saturated rings. The molecule has 0 bridgehead atoms. The fourth-order valence-corrected chi connectivity index (χ4v) is 3.39. The number of nitrogens with two attached hydrogens (primary N) is 1. The van der Waals surface area contributed by atoms with Gasteiger partial charge in [0.05, 0.1) is 18.5 Å². The number of amides is 1. The van der Waals surface area contributed by atoms with Crippen LogP contribution in [0.4, 0.5) is 0 Å². The molecule has 1 heterocycles. The second-order valence-corrected chi connectivity index (χ2v) is 6.96. The summed E-state index contributed by atoms with van der Waals surface area (Å²) in [5, 5.41) is 8.66. The molecule has 1 aliphatic heterocycles. The highest BCUT2D eigenvalue weighted by atomic mass is 16.5. The second kappa shape index (κ2) is 5.93. The topological polar surface area (TPSA) is 92.9 Å². The highest BCUT2D eigenvalue weighted by molar-refractivity contribution is 5.84. The minimum absolute atomic E-state index is 0.119. The van der Waals surface area contributed by atoms with Crippen molar-refractivity contribution in [2.45, 2.75) is 45.1 Å². The first kappa shape index (κ1) is 16.2. The maximum Gasteiger partial charge on any atom is 0.329 e. The second-order valence-electron chi connectivity index (χ2n) is 6.96. The molecule has 1 saturated carbocycles. The van der Waals surface area contributed by atoms with E-state index < -0.39 is 17.0 Å². The van der Waals surface area contributed by atoms with Gasteiger partial charge in [0.15, 0.2) is 0 Å². The van der Waals surface area contributed by atoms with Gasteiger partial charge in [-0.05, 0) is 38.5 Å². The average Bonchev–Trinajstić information content (AvgIpc) is 2.42. The van der Waals surface area contributed by atoms with Crippen LogP contribution in [0, 0.1) is 11.3 Å². The lowest BCUT2D eigenvalue weighted by Gasteiger charge is -2.51. The van der Waals surface area contributed by atoms with Crippen LogP contribution in [0.25, 0.3) is 0 Å². The summed E-state index contributed by atoms with van der Waals surface area (Å²) in [5.41, 5.74) is 4.96. The van der Waals surface area contributed by atoms with E-state index in [1.54, 1.807) is 4.90 Å². The fourth-order valence-electron chi connectivity index (χ4n) is 3.39. The third kappa shape index (κ3) is 3.37. The summed E-state index contributed by atoms with van der Waals surface area (Å²) in [4.78, 5) is 25.1. The normalized spacial score (nSPS) is 31.6. The molecule has 0 aromatic rings. The summed E-state index contributed by atoms with van der Waals surface area (Å²) in [6.45, 7) is 5.04. The lowest BCUT2D eigenvalue weighted by atomic mass is 9.69. The summed E-state index contributed by atoms with van der Waals surface area (Å²) in [7, 11) is 0. The molecule has 0 radical (unpaired) electrons. The van der Waals surface area contributed by atoms with Crippen LogP contribution in [0.3, 0.4) is 0 Å². The van der Waals surface area contributed by atoms with Crippen molar-refractivity contribution >= 4 is 11.9 Å². The zero-order chi connectivity index (χ0) is 15.7. The first-order valence-corrected chi connectivity index (χ1v) is 7.65. The number of carboxylic acids is 1. The predicted molar refractivity (Wildman–Crippen MR) is 77.7 cm³/mol. The van der Waals surface area contributed by atoms with E-state index in [9.17, 15) is 9.59 Å². The van der Waals surface area contributed by atoms with Crippen molar-refractivity contribution in [3.63, 3.8) is 0 Å². The third-order valence-corrected chi connectivity index (χ3v) is 4.96.